The van der Waals surface area contributed by atoms with Gasteiger partial charge in [0.15, 0.2) is 5.69 Å². The number of pyridine rings is 1. The summed E-state index contributed by atoms with van der Waals surface area (Å²) < 4.78 is 16.0. The fraction of sp³-hybridized carbons (Fsp3) is 0.120. The number of carbonyl (C=O) groups excluding carboxylic acids is 2. The van der Waals surface area contributed by atoms with Crippen LogP contribution in [0.2, 0.25) is 5.02 Å². The molecular weight excluding hydrogens is 473 g/mol. The highest BCUT2D eigenvalue weighted by Crippen LogP contribution is 2.28. The fourth-order valence-electron chi connectivity index (χ4n) is 3.32. The molecule has 1 unspecified atom stereocenters. The lowest BCUT2D eigenvalue weighted by Crippen LogP contribution is -2.35. The molecule has 10 heteroatoms. The minimum absolute atomic E-state index is 0.0226. The molecule has 0 spiro atoms. The van der Waals surface area contributed by atoms with Crippen molar-refractivity contribution in [3.63, 3.8) is 0 Å². The predicted octanol–water partition coefficient (Wildman–Crippen LogP) is 4.09. The van der Waals surface area contributed by atoms with Gasteiger partial charge in [0.05, 0.1) is 28.6 Å². The van der Waals surface area contributed by atoms with Gasteiger partial charge in [0.1, 0.15) is 11.6 Å². The third-order valence-electron chi connectivity index (χ3n) is 5.08. The van der Waals surface area contributed by atoms with Crippen LogP contribution >= 0.6 is 11.6 Å². The zero-order chi connectivity index (χ0) is 24.9. The summed E-state index contributed by atoms with van der Waals surface area (Å²) in [6.45, 7) is 1.40. The van der Waals surface area contributed by atoms with Crippen molar-refractivity contribution in [1.82, 2.24) is 20.1 Å². The number of aromatic nitrogens is 3. The molecule has 0 radical (unpaired) electrons. The number of hydrogen-bond donors (Lipinski definition) is 3. The molecule has 3 N–H and O–H groups in total. The van der Waals surface area contributed by atoms with E-state index in [1.165, 1.54) is 23.0 Å². The normalized spacial score (nSPS) is 11.7. The van der Waals surface area contributed by atoms with Crippen molar-refractivity contribution >= 4 is 29.2 Å². The van der Waals surface area contributed by atoms with E-state index in [0.29, 0.717) is 11.4 Å². The molecule has 0 saturated heterocycles. The summed E-state index contributed by atoms with van der Waals surface area (Å²) in [7, 11) is 0. The zero-order valence-electron chi connectivity index (χ0n) is 18.6. The Hall–Kier alpha value is -4.08. The monoisotopic (exact) mass is 493 g/mol. The molecule has 178 valence electrons. The first-order chi connectivity index (χ1) is 16.9. The Labute approximate surface area is 205 Å². The van der Waals surface area contributed by atoms with Crippen molar-refractivity contribution in [3.8, 4) is 16.9 Å². The zero-order valence-corrected chi connectivity index (χ0v) is 19.3. The van der Waals surface area contributed by atoms with E-state index in [0.717, 1.165) is 6.07 Å². The highest BCUT2D eigenvalue weighted by molar-refractivity contribution is 6.34. The number of nitrogens with one attached hydrogen (secondary N) is 2. The van der Waals surface area contributed by atoms with Gasteiger partial charge in [-0.3, -0.25) is 14.6 Å². The van der Waals surface area contributed by atoms with Crippen LogP contribution in [0.15, 0.2) is 72.9 Å². The molecule has 0 saturated carbocycles. The minimum Gasteiger partial charge on any atom is -0.394 e. The first-order valence-electron chi connectivity index (χ1n) is 10.7. The average molecular weight is 494 g/mol. The molecule has 1 atom stereocenters. The lowest BCUT2D eigenvalue weighted by Gasteiger charge is -2.11. The van der Waals surface area contributed by atoms with Crippen LogP contribution in [0.3, 0.4) is 0 Å². The molecule has 4 rings (SSSR count). The van der Waals surface area contributed by atoms with Crippen molar-refractivity contribution in [1.29, 1.82) is 0 Å². The van der Waals surface area contributed by atoms with Crippen LogP contribution in [0.25, 0.3) is 16.9 Å². The van der Waals surface area contributed by atoms with Crippen LogP contribution < -0.4 is 10.6 Å². The van der Waals surface area contributed by atoms with E-state index in [2.05, 4.69) is 20.7 Å². The summed E-state index contributed by atoms with van der Waals surface area (Å²) in [5, 5.41) is 18.8. The number of nitrogens with zero attached hydrogens (tertiary/aromatic N) is 3. The van der Waals surface area contributed by atoms with E-state index in [1.54, 1.807) is 49.4 Å². The van der Waals surface area contributed by atoms with Gasteiger partial charge in [-0.15, -0.1) is 0 Å². The van der Waals surface area contributed by atoms with E-state index in [1.807, 2.05) is 6.07 Å². The highest BCUT2D eigenvalue weighted by Gasteiger charge is 2.21. The number of benzene rings is 2. The van der Waals surface area contributed by atoms with Crippen LogP contribution in [0, 0.1) is 5.82 Å². The topological polar surface area (TPSA) is 109 Å². The first-order valence-corrected chi connectivity index (χ1v) is 11.0. The first kappa shape index (κ1) is 24.1. The molecule has 0 aliphatic heterocycles. The van der Waals surface area contributed by atoms with Gasteiger partial charge >= 0.3 is 0 Å². The molecule has 4 aromatic rings. The molecule has 2 heterocycles. The Morgan fingerprint density at radius 2 is 1.83 bits per heavy atom. The molecule has 0 fully saturated rings. The maximum absolute atomic E-state index is 14.6. The number of aliphatic hydroxyl groups excluding tert-OH is 1. The summed E-state index contributed by atoms with van der Waals surface area (Å²) in [5.41, 5.74) is 1.12. The van der Waals surface area contributed by atoms with Crippen molar-refractivity contribution in [2.45, 2.75) is 13.0 Å². The Morgan fingerprint density at radius 1 is 1.09 bits per heavy atom. The molecule has 0 aliphatic carbocycles. The Bertz CT molecular complexity index is 1360. The number of para-hydroxylation sites is 1. The third-order valence-corrected chi connectivity index (χ3v) is 5.39. The Morgan fingerprint density at radius 3 is 2.51 bits per heavy atom. The number of rotatable bonds is 7. The number of anilines is 1. The van der Waals surface area contributed by atoms with Crippen LogP contribution in [0.4, 0.5) is 10.2 Å². The number of carbonyl (C=O) groups is 2. The molecule has 2 aromatic heterocycles. The number of hydrogen-bond acceptors (Lipinski definition) is 5. The summed E-state index contributed by atoms with van der Waals surface area (Å²) in [4.78, 5) is 29.9. The predicted molar refractivity (Wildman–Crippen MR) is 130 cm³/mol. The van der Waals surface area contributed by atoms with Gasteiger partial charge in [-0.2, -0.15) is 5.10 Å². The fourth-order valence-corrected chi connectivity index (χ4v) is 3.55. The van der Waals surface area contributed by atoms with E-state index in [-0.39, 0.29) is 34.3 Å². The van der Waals surface area contributed by atoms with Crippen LogP contribution in [0.1, 0.15) is 27.8 Å². The third kappa shape index (κ3) is 5.37. The van der Waals surface area contributed by atoms with E-state index >= 15 is 0 Å². The molecule has 8 nitrogen and oxygen atoms in total. The van der Waals surface area contributed by atoms with Crippen LogP contribution in [-0.4, -0.2) is 44.3 Å². The minimum atomic E-state index is -0.625. The number of halogens is 2. The van der Waals surface area contributed by atoms with Gasteiger partial charge in [0.25, 0.3) is 11.8 Å². The van der Waals surface area contributed by atoms with Crippen molar-refractivity contribution < 1.29 is 19.1 Å². The lowest BCUT2D eigenvalue weighted by atomic mass is 10.1. The standard InChI is InChI=1S/C25H21ClFN5O3/c1-15(14-33)29-25(35)22-13-23(32(31-22)16-7-3-2-4-8-16)30-24(34)17-11-18(20(27)12-19(17)26)21-9-5-6-10-28-21/h2-13,15,33H,14H2,1H3,(H,29,35)(H,30,34). The van der Waals surface area contributed by atoms with Crippen LogP contribution in [0.5, 0.6) is 0 Å². The SMILES string of the molecule is CC(CO)NC(=O)c1cc(NC(=O)c2cc(-c3ccccn3)c(F)cc2Cl)n(-c2ccccc2)n1. The maximum atomic E-state index is 14.6. The van der Waals surface area contributed by atoms with E-state index < -0.39 is 23.7 Å². The summed E-state index contributed by atoms with van der Waals surface area (Å²) >= 11 is 6.20. The summed E-state index contributed by atoms with van der Waals surface area (Å²) in [6, 6.07) is 17.2. The molecule has 35 heavy (non-hydrogen) atoms. The molecule has 0 bridgehead atoms. The summed E-state index contributed by atoms with van der Waals surface area (Å²) in [6.07, 6.45) is 1.52. The highest BCUT2D eigenvalue weighted by atomic mass is 35.5. The lowest BCUT2D eigenvalue weighted by molar-refractivity contribution is 0.0916. The van der Waals surface area contributed by atoms with E-state index in [9.17, 15) is 19.1 Å². The largest absolute Gasteiger partial charge is 0.394 e. The van der Waals surface area contributed by atoms with Gasteiger partial charge in [-0.05, 0) is 43.3 Å². The maximum Gasteiger partial charge on any atom is 0.272 e. The molecule has 2 aromatic carbocycles. The van der Waals surface area contributed by atoms with Crippen molar-refractivity contribution in [3.05, 3.63) is 95.0 Å². The Balaban J connectivity index is 1.70. The van der Waals surface area contributed by atoms with Crippen LogP contribution in [-0.2, 0) is 0 Å². The second kappa shape index (κ2) is 10.5. The van der Waals surface area contributed by atoms with Crippen molar-refractivity contribution in [2.75, 3.05) is 11.9 Å². The second-order valence-corrected chi connectivity index (χ2v) is 8.11. The number of amides is 2. The smallest absolute Gasteiger partial charge is 0.272 e. The molecular formula is C25H21ClFN5O3. The van der Waals surface area contributed by atoms with Gasteiger partial charge < -0.3 is 15.7 Å². The number of aliphatic hydroxyl groups is 1. The van der Waals surface area contributed by atoms with Gasteiger partial charge in [0.2, 0.25) is 0 Å². The Kier molecular flexibility index (Phi) is 7.19. The van der Waals surface area contributed by atoms with Gasteiger partial charge in [0, 0.05) is 23.9 Å². The van der Waals surface area contributed by atoms with Crippen molar-refractivity contribution in [2.24, 2.45) is 0 Å². The van der Waals surface area contributed by atoms with Gasteiger partial charge in [-0.25, -0.2) is 9.07 Å². The summed E-state index contributed by atoms with van der Waals surface area (Å²) in [5.74, 6) is -1.56. The average Bonchev–Trinajstić information content (AvgIpc) is 3.29. The second-order valence-electron chi connectivity index (χ2n) is 7.70. The van der Waals surface area contributed by atoms with E-state index in [4.69, 9.17) is 11.6 Å². The quantitative estimate of drug-likeness (QED) is 0.359. The molecule has 0 aliphatic rings. The van der Waals surface area contributed by atoms with Gasteiger partial charge in [-0.1, -0.05) is 35.9 Å². The molecule has 2 amide bonds.